The maximum absolute atomic E-state index is 2.67. The second-order valence-corrected chi connectivity index (χ2v) is 5.60. The van der Waals surface area contributed by atoms with Crippen molar-refractivity contribution in [1.29, 1.82) is 0 Å². The second kappa shape index (κ2) is 5.31. The number of piperazine rings is 1. The van der Waals surface area contributed by atoms with Gasteiger partial charge in [0, 0.05) is 32.7 Å². The first-order valence-electron chi connectivity index (χ1n) is 6.68. The summed E-state index contributed by atoms with van der Waals surface area (Å²) in [6, 6.07) is 0. The zero-order chi connectivity index (χ0) is 10.7. The summed E-state index contributed by atoms with van der Waals surface area (Å²) in [7, 11) is 2.23. The minimum atomic E-state index is 1.03. The lowest BCUT2D eigenvalue weighted by Crippen LogP contribution is -2.47. The molecule has 0 N–H and O–H groups in total. The van der Waals surface area contributed by atoms with Gasteiger partial charge >= 0.3 is 0 Å². The lowest BCUT2D eigenvalue weighted by molar-refractivity contribution is 0.0847. The van der Waals surface area contributed by atoms with Crippen LogP contribution in [-0.2, 0) is 0 Å². The predicted octanol–water partition coefficient (Wildman–Crippen LogP) is 2.06. The number of rotatable bonds is 4. The van der Waals surface area contributed by atoms with Crippen LogP contribution in [0.25, 0.3) is 0 Å². The highest BCUT2D eigenvalue weighted by atomic mass is 15.2. The molecule has 1 saturated heterocycles. The molecule has 0 amide bonds. The zero-order valence-corrected chi connectivity index (χ0v) is 10.4. The Labute approximate surface area is 94.6 Å². The highest BCUT2D eigenvalue weighted by molar-refractivity contribution is 4.83. The molecule has 0 aromatic carbocycles. The van der Waals surface area contributed by atoms with Crippen LogP contribution in [-0.4, -0.2) is 49.6 Å². The molecule has 0 bridgehead atoms. The van der Waals surface area contributed by atoms with E-state index in [9.17, 15) is 0 Å². The maximum Gasteiger partial charge on any atom is 0.0110 e. The molecule has 1 heterocycles. The van der Waals surface area contributed by atoms with E-state index in [-0.39, 0.29) is 0 Å². The van der Waals surface area contributed by atoms with Crippen LogP contribution in [0.4, 0.5) is 0 Å². The molecule has 1 saturated carbocycles. The molecule has 0 aromatic heterocycles. The third kappa shape index (κ3) is 3.18. The van der Waals surface area contributed by atoms with Crippen LogP contribution in [0.1, 0.15) is 32.6 Å². The highest BCUT2D eigenvalue weighted by Crippen LogP contribution is 2.37. The van der Waals surface area contributed by atoms with E-state index >= 15 is 0 Å². The van der Waals surface area contributed by atoms with Crippen molar-refractivity contribution >= 4 is 0 Å². The fourth-order valence-electron chi connectivity index (χ4n) is 3.06. The molecule has 88 valence electrons. The molecule has 1 aliphatic heterocycles. The van der Waals surface area contributed by atoms with Gasteiger partial charge in [0.1, 0.15) is 0 Å². The average molecular weight is 210 g/mol. The third-order valence-corrected chi connectivity index (χ3v) is 4.14. The van der Waals surface area contributed by atoms with Crippen LogP contribution >= 0.6 is 0 Å². The first-order valence-corrected chi connectivity index (χ1v) is 6.68. The molecule has 0 spiro atoms. The van der Waals surface area contributed by atoms with E-state index in [1.165, 1.54) is 58.4 Å². The fraction of sp³-hybridized carbons (Fsp3) is 1.00. The zero-order valence-electron chi connectivity index (χ0n) is 10.4. The Bertz CT molecular complexity index is 179. The van der Waals surface area contributed by atoms with Crippen molar-refractivity contribution in [3.05, 3.63) is 0 Å². The van der Waals surface area contributed by atoms with Crippen molar-refractivity contribution in [1.82, 2.24) is 9.80 Å². The summed E-state index contributed by atoms with van der Waals surface area (Å²) in [4.78, 5) is 5.12. The summed E-state index contributed by atoms with van der Waals surface area (Å²) >= 11 is 0. The van der Waals surface area contributed by atoms with E-state index < -0.39 is 0 Å². The Kier molecular flexibility index (Phi) is 4.04. The largest absolute Gasteiger partial charge is 0.304 e. The van der Waals surface area contributed by atoms with Gasteiger partial charge < -0.3 is 9.80 Å². The SMILES string of the molecule is CCCC1CC(CN2CCN(C)CC2)C1. The lowest BCUT2D eigenvalue weighted by Gasteiger charge is -2.41. The van der Waals surface area contributed by atoms with Crippen molar-refractivity contribution < 1.29 is 0 Å². The van der Waals surface area contributed by atoms with Gasteiger partial charge in [0.25, 0.3) is 0 Å². The van der Waals surface area contributed by atoms with E-state index in [1.807, 2.05) is 0 Å². The third-order valence-electron chi connectivity index (χ3n) is 4.14. The van der Waals surface area contributed by atoms with Gasteiger partial charge in [-0.1, -0.05) is 19.8 Å². The first kappa shape index (κ1) is 11.4. The topological polar surface area (TPSA) is 6.48 Å². The van der Waals surface area contributed by atoms with Gasteiger partial charge in [0.2, 0.25) is 0 Å². The van der Waals surface area contributed by atoms with Gasteiger partial charge in [0.15, 0.2) is 0 Å². The fourth-order valence-corrected chi connectivity index (χ4v) is 3.06. The molecule has 2 fully saturated rings. The summed E-state index contributed by atoms with van der Waals surface area (Å²) in [5, 5.41) is 0. The molecule has 2 heteroatoms. The number of likely N-dealkylation sites (N-methyl/N-ethyl adjacent to an activating group) is 1. The molecular weight excluding hydrogens is 184 g/mol. The van der Waals surface area contributed by atoms with E-state index in [0.29, 0.717) is 0 Å². The molecule has 2 nitrogen and oxygen atoms in total. The van der Waals surface area contributed by atoms with Crippen molar-refractivity contribution in [2.45, 2.75) is 32.6 Å². The molecule has 0 aromatic rings. The summed E-state index contributed by atoms with van der Waals surface area (Å²) < 4.78 is 0. The Morgan fingerprint density at radius 1 is 1.00 bits per heavy atom. The molecule has 0 atom stereocenters. The van der Waals surface area contributed by atoms with E-state index in [0.717, 1.165) is 11.8 Å². The Morgan fingerprint density at radius 2 is 1.67 bits per heavy atom. The van der Waals surface area contributed by atoms with Gasteiger partial charge in [-0.3, -0.25) is 0 Å². The minimum absolute atomic E-state index is 1.03. The molecular formula is C13H26N2. The number of hydrogen-bond acceptors (Lipinski definition) is 2. The van der Waals surface area contributed by atoms with Gasteiger partial charge in [-0.25, -0.2) is 0 Å². The first-order chi connectivity index (χ1) is 7.28. The van der Waals surface area contributed by atoms with E-state index in [4.69, 9.17) is 0 Å². The van der Waals surface area contributed by atoms with Crippen molar-refractivity contribution in [3.63, 3.8) is 0 Å². The maximum atomic E-state index is 2.67. The Morgan fingerprint density at radius 3 is 2.27 bits per heavy atom. The van der Waals surface area contributed by atoms with E-state index in [1.54, 1.807) is 0 Å². The van der Waals surface area contributed by atoms with Gasteiger partial charge in [-0.15, -0.1) is 0 Å². The average Bonchev–Trinajstić information content (AvgIpc) is 2.18. The normalized spacial score (nSPS) is 34.0. The Balaban J connectivity index is 1.59. The monoisotopic (exact) mass is 210 g/mol. The van der Waals surface area contributed by atoms with Crippen molar-refractivity contribution in [3.8, 4) is 0 Å². The summed E-state index contributed by atoms with van der Waals surface area (Å²) in [6.07, 6.45) is 5.88. The van der Waals surface area contributed by atoms with Crippen LogP contribution in [0.5, 0.6) is 0 Å². The summed E-state index contributed by atoms with van der Waals surface area (Å²) in [6.45, 7) is 8.83. The summed E-state index contributed by atoms with van der Waals surface area (Å²) in [5.41, 5.74) is 0. The molecule has 2 aliphatic rings. The molecule has 0 radical (unpaired) electrons. The van der Waals surface area contributed by atoms with Gasteiger partial charge in [-0.2, -0.15) is 0 Å². The van der Waals surface area contributed by atoms with Crippen LogP contribution in [0.2, 0.25) is 0 Å². The van der Waals surface area contributed by atoms with Crippen LogP contribution in [0, 0.1) is 11.8 Å². The molecule has 0 unspecified atom stereocenters. The molecule has 15 heavy (non-hydrogen) atoms. The smallest absolute Gasteiger partial charge is 0.0110 e. The highest BCUT2D eigenvalue weighted by Gasteiger charge is 2.30. The number of hydrogen-bond donors (Lipinski definition) is 0. The van der Waals surface area contributed by atoms with Crippen molar-refractivity contribution in [2.75, 3.05) is 39.8 Å². The van der Waals surface area contributed by atoms with E-state index in [2.05, 4.69) is 23.8 Å². The van der Waals surface area contributed by atoms with Crippen molar-refractivity contribution in [2.24, 2.45) is 11.8 Å². The van der Waals surface area contributed by atoms with Crippen LogP contribution in [0.15, 0.2) is 0 Å². The number of nitrogens with zero attached hydrogens (tertiary/aromatic N) is 2. The standard InChI is InChI=1S/C13H26N2/c1-3-4-12-9-13(10-12)11-15-7-5-14(2)6-8-15/h12-13H,3-11H2,1-2H3. The molecule has 1 aliphatic carbocycles. The predicted molar refractivity (Wildman–Crippen MR) is 65.1 cm³/mol. The van der Waals surface area contributed by atoms with Crippen LogP contribution in [0.3, 0.4) is 0 Å². The Hall–Kier alpha value is -0.0800. The lowest BCUT2D eigenvalue weighted by atomic mass is 9.72. The van der Waals surface area contributed by atoms with Gasteiger partial charge in [0.05, 0.1) is 0 Å². The quantitative estimate of drug-likeness (QED) is 0.701. The second-order valence-electron chi connectivity index (χ2n) is 5.60. The van der Waals surface area contributed by atoms with Crippen LogP contribution < -0.4 is 0 Å². The summed E-state index contributed by atoms with van der Waals surface area (Å²) in [5.74, 6) is 2.11. The van der Waals surface area contributed by atoms with Gasteiger partial charge in [-0.05, 0) is 31.7 Å². The molecule has 2 rings (SSSR count). The minimum Gasteiger partial charge on any atom is -0.304 e.